The SMILES string of the molecule is CCOC(=O)C1=CCC(Cc2ccc3c(c2O)C(=O)C2=C(O)[C@@]4(O)C(=O)C(C(C)=O)=C(O)C(C(C)C)[C@@]4(C)[C@H](O)[C@@]2(C)[C@@H]3C)=C1. The molecule has 0 saturated carbocycles. The topological polar surface area (TPSA) is 179 Å². The number of allylic oxidation sites excluding steroid dienone is 3. The number of carbonyl (C=O) groups excluding carboxylic acids is 4. The summed E-state index contributed by atoms with van der Waals surface area (Å²) in [6.45, 7) is 11.0. The van der Waals surface area contributed by atoms with Gasteiger partial charge < -0.3 is 30.3 Å². The summed E-state index contributed by atoms with van der Waals surface area (Å²) in [5, 5.41) is 59.2. The molecule has 4 aliphatic carbocycles. The molecule has 0 fully saturated rings. The number of fused-ring (bicyclic) bond motifs is 3. The van der Waals surface area contributed by atoms with Gasteiger partial charge in [-0.1, -0.05) is 58.4 Å². The number of aromatic hydroxyl groups is 1. The van der Waals surface area contributed by atoms with Gasteiger partial charge in [-0.3, -0.25) is 14.4 Å². The molecule has 0 heterocycles. The Morgan fingerprint density at radius 3 is 2.33 bits per heavy atom. The largest absolute Gasteiger partial charge is 0.511 e. The number of hydrogen-bond acceptors (Lipinski definition) is 10. The molecule has 0 radical (unpaired) electrons. The zero-order chi connectivity index (χ0) is 33.5. The minimum atomic E-state index is -2.94. The minimum absolute atomic E-state index is 0.135. The molecule has 5 N–H and O–H groups in total. The van der Waals surface area contributed by atoms with Crippen molar-refractivity contribution in [3.8, 4) is 5.75 Å². The van der Waals surface area contributed by atoms with Crippen LogP contribution in [0.15, 0.2) is 58.1 Å². The first kappa shape index (κ1) is 32.4. The predicted molar refractivity (Wildman–Crippen MR) is 162 cm³/mol. The van der Waals surface area contributed by atoms with Gasteiger partial charge in [-0.15, -0.1) is 0 Å². The molecule has 0 saturated heterocycles. The number of ether oxygens (including phenoxy) is 1. The van der Waals surface area contributed by atoms with E-state index < -0.39 is 86.3 Å². The number of Topliss-reactive ketones (excluding diaryl/α,β-unsaturated/α-hetero) is 3. The molecule has 4 aliphatic rings. The van der Waals surface area contributed by atoms with Gasteiger partial charge in [0.25, 0.3) is 0 Å². The summed E-state index contributed by atoms with van der Waals surface area (Å²) in [7, 11) is 0. The van der Waals surface area contributed by atoms with Crippen molar-refractivity contribution in [2.75, 3.05) is 6.61 Å². The maximum absolute atomic E-state index is 14.4. The Hall–Kier alpha value is -4.02. The van der Waals surface area contributed by atoms with Gasteiger partial charge in [0.15, 0.2) is 17.2 Å². The summed E-state index contributed by atoms with van der Waals surface area (Å²) in [6.07, 6.45) is 2.36. The molecule has 1 aromatic carbocycles. The molecule has 1 unspecified atom stereocenters. The third-order valence-corrected chi connectivity index (χ3v) is 10.8. The highest BCUT2D eigenvalue weighted by Gasteiger charge is 2.76. The number of benzene rings is 1. The minimum Gasteiger partial charge on any atom is -0.511 e. The monoisotopic (exact) mass is 620 g/mol. The van der Waals surface area contributed by atoms with E-state index in [4.69, 9.17) is 4.74 Å². The van der Waals surface area contributed by atoms with E-state index in [9.17, 15) is 44.7 Å². The van der Waals surface area contributed by atoms with Crippen molar-refractivity contribution in [2.45, 2.75) is 78.9 Å². The van der Waals surface area contributed by atoms with Crippen LogP contribution in [0, 0.1) is 22.7 Å². The molecular weight excluding hydrogens is 580 g/mol. The number of phenols is 1. The molecule has 0 amide bonds. The molecule has 5 rings (SSSR count). The maximum Gasteiger partial charge on any atom is 0.337 e. The lowest BCUT2D eigenvalue weighted by Gasteiger charge is -2.63. The highest BCUT2D eigenvalue weighted by molar-refractivity contribution is 6.25. The molecule has 0 spiro atoms. The quantitative estimate of drug-likeness (QED) is 0.228. The normalized spacial score (nSPS) is 32.6. The molecule has 240 valence electrons. The Kier molecular flexibility index (Phi) is 7.57. The van der Waals surface area contributed by atoms with Crippen LogP contribution in [0.1, 0.15) is 82.3 Å². The highest BCUT2D eigenvalue weighted by Crippen LogP contribution is 2.67. The molecular formula is C35H40O10. The van der Waals surface area contributed by atoms with E-state index in [1.165, 1.54) is 6.92 Å². The van der Waals surface area contributed by atoms with Gasteiger partial charge in [0.1, 0.15) is 22.8 Å². The Labute approximate surface area is 261 Å². The van der Waals surface area contributed by atoms with Crippen LogP contribution >= 0.6 is 0 Å². The van der Waals surface area contributed by atoms with Crippen molar-refractivity contribution in [1.29, 1.82) is 0 Å². The average molecular weight is 621 g/mol. The number of aliphatic hydroxyl groups excluding tert-OH is 3. The van der Waals surface area contributed by atoms with Gasteiger partial charge in [-0.25, -0.2) is 4.79 Å². The van der Waals surface area contributed by atoms with Crippen molar-refractivity contribution in [3.05, 3.63) is 74.8 Å². The van der Waals surface area contributed by atoms with Crippen molar-refractivity contribution in [2.24, 2.45) is 22.7 Å². The van der Waals surface area contributed by atoms with E-state index >= 15 is 0 Å². The van der Waals surface area contributed by atoms with Gasteiger partial charge in [-0.05, 0) is 55.7 Å². The van der Waals surface area contributed by atoms with Gasteiger partial charge in [-0.2, -0.15) is 0 Å². The summed E-state index contributed by atoms with van der Waals surface area (Å²) in [4.78, 5) is 53.0. The van der Waals surface area contributed by atoms with E-state index in [0.29, 0.717) is 23.1 Å². The van der Waals surface area contributed by atoms with Gasteiger partial charge in [0.05, 0.1) is 29.4 Å². The fraction of sp³-hybridized carbons (Fsp3) is 0.486. The highest BCUT2D eigenvalue weighted by atomic mass is 16.5. The lowest BCUT2D eigenvalue weighted by molar-refractivity contribution is -0.211. The first-order valence-corrected chi connectivity index (χ1v) is 15.2. The number of rotatable bonds is 6. The van der Waals surface area contributed by atoms with Crippen LogP contribution in [0.2, 0.25) is 0 Å². The second kappa shape index (κ2) is 10.5. The van der Waals surface area contributed by atoms with Crippen molar-refractivity contribution in [3.63, 3.8) is 0 Å². The molecule has 45 heavy (non-hydrogen) atoms. The van der Waals surface area contributed by atoms with Crippen LogP contribution in [0.5, 0.6) is 5.75 Å². The number of hydrogen-bond donors (Lipinski definition) is 5. The first-order chi connectivity index (χ1) is 20.9. The molecule has 0 bridgehead atoms. The van der Waals surface area contributed by atoms with Crippen LogP contribution < -0.4 is 0 Å². The molecule has 10 nitrogen and oxygen atoms in total. The van der Waals surface area contributed by atoms with Gasteiger partial charge in [0, 0.05) is 16.7 Å². The standard InChI is InChI=1S/C35H40O10/c1-8-45-31(42)20-10-9-18(14-20)13-19-11-12-21-16(4)33(6)25(28(39)23(21)26(19)37)30(41)35(44)29(40)22(17(5)36)27(38)24(15(2)3)34(35,7)32(33)43/h10-12,14-16,24,32,37-38,41,43-44H,8-9,13H2,1-7H3/t16-,24?,32-,33+,34+,35+/m1/s1. The number of esters is 1. The van der Waals surface area contributed by atoms with E-state index in [0.717, 1.165) is 12.5 Å². The van der Waals surface area contributed by atoms with Crippen molar-refractivity contribution >= 4 is 23.3 Å². The van der Waals surface area contributed by atoms with Crippen molar-refractivity contribution < 1.29 is 49.4 Å². The molecule has 0 aliphatic heterocycles. The van der Waals surface area contributed by atoms with Crippen LogP contribution in [0.4, 0.5) is 0 Å². The maximum atomic E-state index is 14.4. The Morgan fingerprint density at radius 2 is 1.76 bits per heavy atom. The van der Waals surface area contributed by atoms with E-state index in [-0.39, 0.29) is 24.3 Å². The Balaban J connectivity index is 1.69. The Bertz CT molecular complexity index is 1690. The van der Waals surface area contributed by atoms with Crippen LogP contribution in [-0.4, -0.2) is 67.2 Å². The third-order valence-electron chi connectivity index (χ3n) is 10.8. The zero-order valence-electron chi connectivity index (χ0n) is 26.5. The molecule has 0 aromatic heterocycles. The van der Waals surface area contributed by atoms with E-state index in [1.54, 1.807) is 58.9 Å². The van der Waals surface area contributed by atoms with Gasteiger partial charge in [0.2, 0.25) is 5.78 Å². The van der Waals surface area contributed by atoms with Crippen LogP contribution in [0.3, 0.4) is 0 Å². The summed E-state index contributed by atoms with van der Waals surface area (Å²) >= 11 is 0. The van der Waals surface area contributed by atoms with Crippen LogP contribution in [0.25, 0.3) is 0 Å². The summed E-state index contributed by atoms with van der Waals surface area (Å²) in [5.74, 6) is -7.81. The second-order valence-electron chi connectivity index (χ2n) is 13.4. The number of carbonyl (C=O) groups is 4. The molecule has 1 aromatic rings. The van der Waals surface area contributed by atoms with Crippen LogP contribution in [-0.2, 0) is 25.5 Å². The van der Waals surface area contributed by atoms with E-state index in [1.807, 2.05) is 0 Å². The smallest absolute Gasteiger partial charge is 0.337 e. The molecule has 6 atom stereocenters. The number of ketones is 3. The fourth-order valence-electron chi connectivity index (χ4n) is 8.43. The summed E-state index contributed by atoms with van der Waals surface area (Å²) in [6, 6.07) is 3.34. The van der Waals surface area contributed by atoms with Gasteiger partial charge >= 0.3 is 5.97 Å². The average Bonchev–Trinajstić information content (AvgIpc) is 3.43. The fourth-order valence-corrected chi connectivity index (χ4v) is 8.43. The zero-order valence-corrected chi connectivity index (χ0v) is 26.5. The summed E-state index contributed by atoms with van der Waals surface area (Å²) < 4.78 is 5.06. The summed E-state index contributed by atoms with van der Waals surface area (Å²) in [5.41, 5.74) is -5.78. The molecule has 10 heteroatoms. The number of phenolic OH excluding ortho intramolecular Hbond substituents is 1. The Morgan fingerprint density at radius 1 is 1.11 bits per heavy atom. The van der Waals surface area contributed by atoms with Crippen molar-refractivity contribution in [1.82, 2.24) is 0 Å². The lowest BCUT2D eigenvalue weighted by Crippen LogP contribution is -2.73. The second-order valence-corrected chi connectivity index (χ2v) is 13.4. The third kappa shape index (κ3) is 4.01. The predicted octanol–water partition coefficient (Wildman–Crippen LogP) is 4.24. The lowest BCUT2D eigenvalue weighted by atomic mass is 9.41. The first-order valence-electron chi connectivity index (χ1n) is 15.2. The number of aliphatic hydroxyl groups is 4. The van der Waals surface area contributed by atoms with E-state index in [2.05, 4.69) is 0 Å².